The lowest BCUT2D eigenvalue weighted by molar-refractivity contribution is 0.0578. The summed E-state index contributed by atoms with van der Waals surface area (Å²) in [6.07, 6.45) is -0.315. The molecule has 1 atom stereocenters. The van der Waals surface area contributed by atoms with Crippen LogP contribution in [0.5, 0.6) is 0 Å². The molecule has 0 aliphatic heterocycles. The van der Waals surface area contributed by atoms with E-state index in [1.165, 1.54) is 0 Å². The molecule has 0 rings (SSSR count). The summed E-state index contributed by atoms with van der Waals surface area (Å²) in [6.45, 7) is 4.86. The van der Waals surface area contributed by atoms with Crippen LogP contribution in [-0.2, 0) is 0 Å². The fraction of sp³-hybridized carbons (Fsp3) is 1.00. The van der Waals surface area contributed by atoms with E-state index in [9.17, 15) is 0 Å². The van der Waals surface area contributed by atoms with Gasteiger partial charge in [-0.25, -0.2) is 0 Å². The number of nitrogens with zero attached hydrogens (tertiary/aromatic N) is 1. The molecule has 0 aromatic rings. The first-order valence-corrected chi connectivity index (χ1v) is 4.51. The highest BCUT2D eigenvalue weighted by Gasteiger charge is 1.92. The van der Waals surface area contributed by atoms with Gasteiger partial charge in [0.05, 0.1) is 0 Å². The highest BCUT2D eigenvalue weighted by atomic mass is 16.3. The molecule has 0 heterocycles. The Bertz CT molecular complexity index is 78.2. The van der Waals surface area contributed by atoms with Gasteiger partial charge in [0.15, 0.2) is 0 Å². The van der Waals surface area contributed by atoms with Gasteiger partial charge in [0.2, 0.25) is 0 Å². The average molecular weight is 192 g/mol. The van der Waals surface area contributed by atoms with Crippen molar-refractivity contribution >= 4 is 0 Å². The van der Waals surface area contributed by atoms with Crippen LogP contribution in [-0.4, -0.2) is 56.5 Å². The van der Waals surface area contributed by atoms with Crippen LogP contribution in [0.2, 0.25) is 0 Å². The van der Waals surface area contributed by atoms with Gasteiger partial charge in [-0.15, -0.1) is 0 Å². The predicted octanol–water partition coefficient (Wildman–Crippen LogP) is -1.62. The normalized spacial score (nSPS) is 12.2. The van der Waals surface area contributed by atoms with Crippen molar-refractivity contribution in [2.75, 3.05) is 40.3 Å². The van der Waals surface area contributed by atoms with E-state index in [1.807, 2.05) is 14.1 Å². The van der Waals surface area contributed by atoms with Crippen molar-refractivity contribution in [2.24, 2.45) is 11.5 Å². The molecule has 0 radical (unpaired) electrons. The quantitative estimate of drug-likeness (QED) is 0.311. The monoisotopic (exact) mass is 192 g/mol. The molecule has 0 aromatic heterocycles. The standard InChI is InChI=1S/C4H13N3.C4H11NO/c5-1-3-7-4-2-6;1-4(6)5(2)3/h7H,1-6H2;4,6H,1-3H3. The van der Waals surface area contributed by atoms with E-state index in [4.69, 9.17) is 16.6 Å². The number of hydrogen-bond donors (Lipinski definition) is 4. The van der Waals surface area contributed by atoms with Gasteiger partial charge in [0.1, 0.15) is 6.23 Å². The first kappa shape index (κ1) is 15.3. The van der Waals surface area contributed by atoms with Crippen LogP contribution < -0.4 is 16.8 Å². The molecule has 0 aliphatic carbocycles. The van der Waals surface area contributed by atoms with E-state index in [0.29, 0.717) is 13.1 Å². The zero-order valence-corrected chi connectivity index (χ0v) is 8.95. The van der Waals surface area contributed by atoms with Crippen molar-refractivity contribution < 1.29 is 5.11 Å². The van der Waals surface area contributed by atoms with Gasteiger partial charge >= 0.3 is 0 Å². The Morgan fingerprint density at radius 3 is 1.69 bits per heavy atom. The van der Waals surface area contributed by atoms with Gasteiger partial charge in [0, 0.05) is 26.2 Å². The van der Waals surface area contributed by atoms with Crippen molar-refractivity contribution in [3.63, 3.8) is 0 Å². The smallest absolute Gasteiger partial charge is 0.104 e. The Morgan fingerprint density at radius 2 is 1.54 bits per heavy atom. The van der Waals surface area contributed by atoms with Crippen molar-refractivity contribution in [3.8, 4) is 0 Å². The van der Waals surface area contributed by atoms with Crippen LogP contribution in [0.4, 0.5) is 0 Å². The zero-order chi connectivity index (χ0) is 10.7. The fourth-order valence-electron chi connectivity index (χ4n) is 0.329. The summed E-state index contributed by atoms with van der Waals surface area (Å²) < 4.78 is 0. The van der Waals surface area contributed by atoms with Gasteiger partial charge in [-0.2, -0.15) is 0 Å². The minimum Gasteiger partial charge on any atom is -0.379 e. The number of nitrogens with one attached hydrogen (secondary N) is 1. The predicted molar refractivity (Wildman–Crippen MR) is 56.3 cm³/mol. The van der Waals surface area contributed by atoms with Gasteiger partial charge in [0.25, 0.3) is 0 Å². The molecule has 0 saturated heterocycles. The maximum absolute atomic E-state index is 8.56. The van der Waals surface area contributed by atoms with Gasteiger partial charge in [-0.3, -0.25) is 4.90 Å². The molecular formula is C8H24N4O. The van der Waals surface area contributed by atoms with E-state index in [2.05, 4.69) is 5.32 Å². The van der Waals surface area contributed by atoms with Crippen molar-refractivity contribution in [3.05, 3.63) is 0 Å². The molecule has 0 amide bonds. The maximum atomic E-state index is 8.56. The molecule has 0 fully saturated rings. The molecule has 82 valence electrons. The Labute approximate surface area is 81.1 Å². The zero-order valence-electron chi connectivity index (χ0n) is 8.95. The van der Waals surface area contributed by atoms with E-state index in [-0.39, 0.29) is 6.23 Å². The summed E-state index contributed by atoms with van der Waals surface area (Å²) in [6, 6.07) is 0. The Morgan fingerprint density at radius 1 is 1.23 bits per heavy atom. The fourth-order valence-corrected chi connectivity index (χ4v) is 0.329. The molecule has 0 spiro atoms. The minimum absolute atomic E-state index is 0.315. The molecule has 13 heavy (non-hydrogen) atoms. The third kappa shape index (κ3) is 18.6. The van der Waals surface area contributed by atoms with E-state index in [0.717, 1.165) is 13.1 Å². The highest BCUT2D eigenvalue weighted by molar-refractivity contribution is 4.45. The lowest BCUT2D eigenvalue weighted by Gasteiger charge is -2.11. The molecule has 0 saturated carbocycles. The van der Waals surface area contributed by atoms with Crippen molar-refractivity contribution in [1.29, 1.82) is 0 Å². The largest absolute Gasteiger partial charge is 0.379 e. The molecule has 0 aromatic carbocycles. The number of nitrogens with two attached hydrogens (primary N) is 2. The number of aliphatic hydroxyl groups is 1. The summed E-state index contributed by atoms with van der Waals surface area (Å²) >= 11 is 0. The third-order valence-corrected chi connectivity index (χ3v) is 1.39. The average Bonchev–Trinajstić information content (AvgIpc) is 2.06. The molecular weight excluding hydrogens is 168 g/mol. The molecule has 0 bridgehead atoms. The number of rotatable bonds is 5. The first-order chi connectivity index (χ1) is 6.06. The second kappa shape index (κ2) is 11.8. The second-order valence-electron chi connectivity index (χ2n) is 2.92. The van der Waals surface area contributed by atoms with Crippen molar-refractivity contribution in [2.45, 2.75) is 13.2 Å². The van der Waals surface area contributed by atoms with Gasteiger partial charge in [-0.1, -0.05) is 0 Å². The highest BCUT2D eigenvalue weighted by Crippen LogP contribution is 1.79. The van der Waals surface area contributed by atoms with Gasteiger partial charge < -0.3 is 21.9 Å². The van der Waals surface area contributed by atoms with E-state index >= 15 is 0 Å². The maximum Gasteiger partial charge on any atom is 0.104 e. The molecule has 5 nitrogen and oxygen atoms in total. The van der Waals surface area contributed by atoms with E-state index < -0.39 is 0 Å². The summed E-state index contributed by atoms with van der Waals surface area (Å²) in [4.78, 5) is 1.72. The van der Waals surface area contributed by atoms with Crippen LogP contribution in [0, 0.1) is 0 Å². The Balaban J connectivity index is 0. The van der Waals surface area contributed by atoms with Gasteiger partial charge in [-0.05, 0) is 21.0 Å². The lowest BCUT2D eigenvalue weighted by Crippen LogP contribution is -2.27. The summed E-state index contributed by atoms with van der Waals surface area (Å²) in [5.74, 6) is 0. The molecule has 6 N–H and O–H groups in total. The van der Waals surface area contributed by atoms with Crippen LogP contribution in [0.15, 0.2) is 0 Å². The van der Waals surface area contributed by atoms with Crippen LogP contribution >= 0.6 is 0 Å². The van der Waals surface area contributed by atoms with Crippen LogP contribution in [0.3, 0.4) is 0 Å². The van der Waals surface area contributed by atoms with Crippen LogP contribution in [0.1, 0.15) is 6.92 Å². The molecule has 5 heteroatoms. The Hall–Kier alpha value is -0.200. The van der Waals surface area contributed by atoms with Crippen LogP contribution in [0.25, 0.3) is 0 Å². The first-order valence-electron chi connectivity index (χ1n) is 4.51. The summed E-state index contributed by atoms with van der Waals surface area (Å²) in [5, 5.41) is 11.6. The summed E-state index contributed by atoms with van der Waals surface area (Å²) in [7, 11) is 3.65. The third-order valence-electron chi connectivity index (χ3n) is 1.39. The topological polar surface area (TPSA) is 87.5 Å². The minimum atomic E-state index is -0.315. The number of aliphatic hydroxyl groups excluding tert-OH is 1. The second-order valence-corrected chi connectivity index (χ2v) is 2.92. The summed E-state index contributed by atoms with van der Waals surface area (Å²) in [5.41, 5.74) is 10.3. The lowest BCUT2D eigenvalue weighted by atomic mass is 10.6. The Kier molecular flexibility index (Phi) is 13.9. The molecule has 1 unspecified atom stereocenters. The van der Waals surface area contributed by atoms with E-state index in [1.54, 1.807) is 11.8 Å². The SMILES string of the molecule is CC(O)N(C)C.NCCNCCN. The van der Waals surface area contributed by atoms with Crippen molar-refractivity contribution in [1.82, 2.24) is 10.2 Å². The molecule has 0 aliphatic rings. The number of hydrogen-bond acceptors (Lipinski definition) is 5.